The summed E-state index contributed by atoms with van der Waals surface area (Å²) in [5.41, 5.74) is 0. The highest BCUT2D eigenvalue weighted by Crippen LogP contribution is 2.45. The summed E-state index contributed by atoms with van der Waals surface area (Å²) in [5.74, 6) is -0.719. The molecule has 0 radical (unpaired) electrons. The predicted octanol–water partition coefficient (Wildman–Crippen LogP) is 19.2. The lowest BCUT2D eigenvalue weighted by Crippen LogP contribution is -2.30. The zero-order valence-electron chi connectivity index (χ0n) is 56.3. The van der Waals surface area contributed by atoms with Gasteiger partial charge in [-0.15, -0.1) is 0 Å². The van der Waals surface area contributed by atoms with Gasteiger partial charge in [-0.1, -0.05) is 292 Å². The molecule has 17 nitrogen and oxygen atoms in total. The molecule has 0 aromatic heterocycles. The van der Waals surface area contributed by atoms with Gasteiger partial charge in [0.2, 0.25) is 0 Å². The summed E-state index contributed by atoms with van der Waals surface area (Å²) in [6.07, 6.45) is 44.7. The van der Waals surface area contributed by atoms with E-state index in [0.717, 1.165) is 95.8 Å². The molecule has 87 heavy (non-hydrogen) atoms. The number of phosphoric acid groups is 2. The number of ether oxygens (including phenoxy) is 4. The maximum Gasteiger partial charge on any atom is 0.472 e. The molecule has 0 rings (SSSR count). The molecule has 516 valence electrons. The fraction of sp³-hybridized carbons (Fsp3) is 0.941. The summed E-state index contributed by atoms with van der Waals surface area (Å²) in [7, 11) is -9.89. The minimum absolute atomic E-state index is 0.102. The standard InChI is InChI=1S/C68H132O17P2/c1-7-9-11-13-15-17-18-19-20-21-22-23-24-28-33-40-46-52-67(72)84-63(56-79-66(71)51-45-39-32-29-25-27-30-36-42-48-60(3)4)58-82-86(74,75)80-54-62(69)55-81-87(76,77)83-59-64(85-68(73)53-47-41-35-34-37-43-49-61(5)6)57-78-65(70)50-44-38-31-26-16-14-12-10-8-2/h60-64,69H,7-59H2,1-6H3,(H,74,75)(H,76,77)/t62-,63-,64-/m1/s1. The van der Waals surface area contributed by atoms with Crippen LogP contribution in [0.1, 0.15) is 343 Å². The van der Waals surface area contributed by atoms with Gasteiger partial charge in [0.05, 0.1) is 26.4 Å². The van der Waals surface area contributed by atoms with Crippen molar-refractivity contribution in [2.45, 2.75) is 362 Å². The van der Waals surface area contributed by atoms with Crippen LogP contribution in [0.4, 0.5) is 0 Å². The summed E-state index contributed by atoms with van der Waals surface area (Å²) in [6, 6.07) is 0. The number of hydrogen-bond acceptors (Lipinski definition) is 15. The number of esters is 4. The van der Waals surface area contributed by atoms with Gasteiger partial charge in [0.15, 0.2) is 12.2 Å². The van der Waals surface area contributed by atoms with Crippen molar-refractivity contribution in [1.82, 2.24) is 0 Å². The van der Waals surface area contributed by atoms with Crippen LogP contribution < -0.4 is 0 Å². The number of carbonyl (C=O) groups excluding carboxylic acids is 4. The van der Waals surface area contributed by atoms with E-state index in [1.165, 1.54) is 161 Å². The van der Waals surface area contributed by atoms with Gasteiger partial charge >= 0.3 is 39.5 Å². The Labute approximate surface area is 530 Å². The molecule has 3 N–H and O–H groups in total. The van der Waals surface area contributed by atoms with Crippen molar-refractivity contribution in [3.05, 3.63) is 0 Å². The SMILES string of the molecule is CCCCCCCCCCCCCCCCCCCC(=O)O[C@H](COC(=O)CCCCCCCCCCCC(C)C)COP(=O)(O)OC[C@@H](O)COP(=O)(O)OC[C@@H](COC(=O)CCCCCCCCCCC)OC(=O)CCCCCCCCC(C)C. The lowest BCUT2D eigenvalue weighted by atomic mass is 10.0. The van der Waals surface area contributed by atoms with Crippen LogP contribution in [0.5, 0.6) is 0 Å². The zero-order valence-corrected chi connectivity index (χ0v) is 58.1. The molecule has 19 heteroatoms. The first kappa shape index (κ1) is 85.1. The quantitative estimate of drug-likeness (QED) is 0.0222. The molecule has 2 unspecified atom stereocenters. The molecule has 0 aliphatic heterocycles. The second-order valence-corrected chi connectivity index (χ2v) is 28.4. The monoisotopic (exact) mass is 1280 g/mol. The van der Waals surface area contributed by atoms with Gasteiger partial charge in [0, 0.05) is 25.7 Å². The Kier molecular flexibility index (Phi) is 59.0. The highest BCUT2D eigenvalue weighted by Gasteiger charge is 2.30. The van der Waals surface area contributed by atoms with Crippen LogP contribution in [-0.4, -0.2) is 96.7 Å². The van der Waals surface area contributed by atoms with Crippen LogP contribution in [0.2, 0.25) is 0 Å². The Bertz CT molecular complexity index is 1700. The molecule has 0 aliphatic rings. The third-order valence-corrected chi connectivity index (χ3v) is 17.6. The topological polar surface area (TPSA) is 237 Å². The third-order valence-electron chi connectivity index (χ3n) is 15.7. The third kappa shape index (κ3) is 62.6. The average Bonchev–Trinajstić information content (AvgIpc) is 3.49. The fourth-order valence-corrected chi connectivity index (χ4v) is 11.8. The molecule has 0 spiro atoms. The van der Waals surface area contributed by atoms with Gasteiger partial charge in [0.1, 0.15) is 19.3 Å². The molecule has 0 fully saturated rings. The van der Waals surface area contributed by atoms with Crippen LogP contribution in [0, 0.1) is 11.8 Å². The van der Waals surface area contributed by atoms with Crippen molar-refractivity contribution in [1.29, 1.82) is 0 Å². The van der Waals surface area contributed by atoms with Gasteiger partial charge < -0.3 is 33.8 Å². The molecule has 0 saturated heterocycles. The lowest BCUT2D eigenvalue weighted by Gasteiger charge is -2.21. The van der Waals surface area contributed by atoms with Crippen molar-refractivity contribution in [3.8, 4) is 0 Å². The molecule has 0 aromatic carbocycles. The normalized spacial score (nSPS) is 14.2. The van der Waals surface area contributed by atoms with Crippen molar-refractivity contribution in [3.63, 3.8) is 0 Å². The van der Waals surface area contributed by atoms with E-state index in [9.17, 15) is 43.2 Å². The molecule has 0 aliphatic carbocycles. The van der Waals surface area contributed by atoms with Crippen LogP contribution in [0.25, 0.3) is 0 Å². The van der Waals surface area contributed by atoms with Crippen molar-refractivity contribution in [2.75, 3.05) is 39.6 Å². The molecule has 0 bridgehead atoms. The first-order valence-corrected chi connectivity index (χ1v) is 38.5. The number of aliphatic hydroxyl groups excluding tert-OH is 1. The minimum atomic E-state index is -4.95. The van der Waals surface area contributed by atoms with Crippen molar-refractivity contribution < 1.29 is 80.2 Å². The van der Waals surface area contributed by atoms with E-state index in [2.05, 4.69) is 41.5 Å². The number of carbonyl (C=O) groups is 4. The van der Waals surface area contributed by atoms with E-state index in [0.29, 0.717) is 31.6 Å². The van der Waals surface area contributed by atoms with E-state index in [-0.39, 0.29) is 25.7 Å². The van der Waals surface area contributed by atoms with E-state index in [4.69, 9.17) is 37.0 Å². The van der Waals surface area contributed by atoms with Crippen molar-refractivity contribution >= 4 is 39.5 Å². The van der Waals surface area contributed by atoms with Crippen LogP contribution in [0.15, 0.2) is 0 Å². The maximum atomic E-state index is 13.0. The van der Waals surface area contributed by atoms with Gasteiger partial charge in [-0.25, -0.2) is 9.13 Å². The first-order valence-electron chi connectivity index (χ1n) is 35.5. The Morgan fingerprint density at radius 1 is 0.310 bits per heavy atom. The van der Waals surface area contributed by atoms with Crippen molar-refractivity contribution in [2.24, 2.45) is 11.8 Å². The molecular formula is C68H132O17P2. The largest absolute Gasteiger partial charge is 0.472 e. The Hall–Kier alpha value is -1.94. The Morgan fingerprint density at radius 2 is 0.529 bits per heavy atom. The maximum absolute atomic E-state index is 13.0. The van der Waals surface area contributed by atoms with Crippen LogP contribution in [0.3, 0.4) is 0 Å². The molecule has 0 amide bonds. The highest BCUT2D eigenvalue weighted by molar-refractivity contribution is 7.47. The number of rotatable bonds is 67. The second kappa shape index (κ2) is 60.3. The Balaban J connectivity index is 5.21. The van der Waals surface area contributed by atoms with Gasteiger partial charge in [-0.3, -0.25) is 37.3 Å². The molecule has 0 saturated carbocycles. The van der Waals surface area contributed by atoms with Crippen LogP contribution >= 0.6 is 15.6 Å². The molecule has 0 heterocycles. The molecular weight excluding hydrogens is 1150 g/mol. The fourth-order valence-electron chi connectivity index (χ4n) is 10.2. The summed E-state index contributed by atoms with van der Waals surface area (Å²) in [4.78, 5) is 72.3. The zero-order chi connectivity index (χ0) is 64.3. The summed E-state index contributed by atoms with van der Waals surface area (Å²) >= 11 is 0. The van der Waals surface area contributed by atoms with Gasteiger partial charge in [-0.05, 0) is 37.5 Å². The minimum Gasteiger partial charge on any atom is -0.462 e. The molecule has 0 aromatic rings. The van der Waals surface area contributed by atoms with E-state index < -0.39 is 97.5 Å². The summed E-state index contributed by atoms with van der Waals surface area (Å²) in [6.45, 7) is 9.41. The van der Waals surface area contributed by atoms with Gasteiger partial charge in [0.25, 0.3) is 0 Å². The number of unbranched alkanes of at least 4 members (excludes halogenated alkanes) is 37. The predicted molar refractivity (Wildman–Crippen MR) is 349 cm³/mol. The van der Waals surface area contributed by atoms with Crippen LogP contribution in [-0.2, 0) is 65.4 Å². The smallest absolute Gasteiger partial charge is 0.462 e. The van der Waals surface area contributed by atoms with E-state index in [1.54, 1.807) is 0 Å². The number of phosphoric ester groups is 2. The first-order chi connectivity index (χ1) is 41.9. The average molecular weight is 1280 g/mol. The lowest BCUT2D eigenvalue weighted by molar-refractivity contribution is -0.161. The summed E-state index contributed by atoms with van der Waals surface area (Å²) < 4.78 is 68.1. The van der Waals surface area contributed by atoms with Gasteiger partial charge in [-0.2, -0.15) is 0 Å². The second-order valence-electron chi connectivity index (χ2n) is 25.5. The Morgan fingerprint density at radius 3 is 0.782 bits per heavy atom. The number of hydrogen-bond donors (Lipinski definition) is 3. The molecule has 5 atom stereocenters. The number of aliphatic hydroxyl groups is 1. The van der Waals surface area contributed by atoms with E-state index in [1.807, 2.05) is 0 Å². The van der Waals surface area contributed by atoms with E-state index >= 15 is 0 Å². The highest BCUT2D eigenvalue weighted by atomic mass is 31.2. The summed E-state index contributed by atoms with van der Waals surface area (Å²) in [5, 5.41) is 10.6.